The number of nitrogens with zero attached hydrogens (tertiary/aromatic N) is 1. The normalized spacial score (nSPS) is 14.8. The molecule has 1 aromatic rings. The fourth-order valence-electron chi connectivity index (χ4n) is 2.53. The number of hydrogen-bond donors (Lipinski definition) is 1. The monoisotopic (exact) mass is 320 g/mol. The lowest BCUT2D eigenvalue weighted by Gasteiger charge is -2.30. The van der Waals surface area contributed by atoms with Crippen LogP contribution in [0.15, 0.2) is 18.2 Å². The summed E-state index contributed by atoms with van der Waals surface area (Å²) >= 11 is 0. The summed E-state index contributed by atoms with van der Waals surface area (Å²) in [7, 11) is 0. The van der Waals surface area contributed by atoms with E-state index in [1.54, 1.807) is 11.8 Å². The van der Waals surface area contributed by atoms with Crippen LogP contribution in [0.25, 0.3) is 0 Å². The first kappa shape index (κ1) is 16.9. The summed E-state index contributed by atoms with van der Waals surface area (Å²) in [5.41, 5.74) is -0.169. The molecule has 0 saturated carbocycles. The summed E-state index contributed by atoms with van der Waals surface area (Å²) in [4.78, 5) is 25.2. The summed E-state index contributed by atoms with van der Waals surface area (Å²) in [5.74, 6) is 2.99. The zero-order valence-electron chi connectivity index (χ0n) is 12.9. The molecule has 0 aliphatic carbocycles. The Morgan fingerprint density at radius 3 is 2.61 bits per heavy atom. The maximum absolute atomic E-state index is 13.5. The molecule has 1 fully saturated rings. The van der Waals surface area contributed by atoms with Gasteiger partial charge < -0.3 is 10.2 Å². The van der Waals surface area contributed by atoms with Crippen LogP contribution in [-0.4, -0.2) is 36.3 Å². The lowest BCUT2D eigenvalue weighted by molar-refractivity contribution is -0.126. The third-order valence-electron chi connectivity index (χ3n) is 3.86. The predicted octanol–water partition coefficient (Wildman–Crippen LogP) is 1.96. The number of carbonyl (C=O) groups excluding carboxylic acids is 2. The van der Waals surface area contributed by atoms with E-state index in [0.717, 1.165) is 25.0 Å². The van der Waals surface area contributed by atoms with Crippen LogP contribution in [0.1, 0.15) is 30.1 Å². The van der Waals surface area contributed by atoms with E-state index in [2.05, 4.69) is 17.2 Å². The van der Waals surface area contributed by atoms with Crippen LogP contribution >= 0.6 is 0 Å². The molecule has 23 heavy (non-hydrogen) atoms. The van der Waals surface area contributed by atoms with Gasteiger partial charge in [0.15, 0.2) is 0 Å². The Kier molecular flexibility index (Phi) is 5.69. The minimum absolute atomic E-state index is 0.169. The maximum atomic E-state index is 13.5. The molecule has 1 aliphatic heterocycles. The number of nitrogens with one attached hydrogen (secondary N) is 1. The first-order valence-electron chi connectivity index (χ1n) is 7.46. The second kappa shape index (κ2) is 7.73. The minimum Gasteiger partial charge on any atom is -0.352 e. The third kappa shape index (κ3) is 4.52. The zero-order chi connectivity index (χ0) is 16.8. The SMILES string of the molecule is CC#CC(=O)N1CCC(CNC(=O)c2ccc(F)cc2F)CC1. The smallest absolute Gasteiger partial charge is 0.298 e. The number of likely N-dealkylation sites (tertiary alicyclic amines) is 1. The molecule has 1 saturated heterocycles. The van der Waals surface area contributed by atoms with Gasteiger partial charge in [0.05, 0.1) is 5.56 Å². The quantitative estimate of drug-likeness (QED) is 0.866. The van der Waals surface area contributed by atoms with Crippen LogP contribution in [-0.2, 0) is 4.79 Å². The molecule has 0 radical (unpaired) electrons. The highest BCUT2D eigenvalue weighted by Gasteiger charge is 2.22. The number of amides is 2. The lowest BCUT2D eigenvalue weighted by atomic mass is 9.96. The van der Waals surface area contributed by atoms with Crippen molar-refractivity contribution in [3.05, 3.63) is 35.4 Å². The highest BCUT2D eigenvalue weighted by molar-refractivity contribution is 5.94. The Morgan fingerprint density at radius 2 is 2.00 bits per heavy atom. The van der Waals surface area contributed by atoms with Crippen molar-refractivity contribution in [2.45, 2.75) is 19.8 Å². The van der Waals surface area contributed by atoms with Crippen molar-refractivity contribution in [2.75, 3.05) is 19.6 Å². The average Bonchev–Trinajstić information content (AvgIpc) is 2.53. The number of hydrogen-bond acceptors (Lipinski definition) is 2. The molecule has 1 aliphatic rings. The number of benzene rings is 1. The number of piperidine rings is 1. The molecule has 2 amide bonds. The van der Waals surface area contributed by atoms with Gasteiger partial charge >= 0.3 is 0 Å². The number of rotatable bonds is 3. The van der Waals surface area contributed by atoms with Gasteiger partial charge in [-0.2, -0.15) is 0 Å². The topological polar surface area (TPSA) is 49.4 Å². The van der Waals surface area contributed by atoms with Gasteiger partial charge in [0.1, 0.15) is 11.6 Å². The molecule has 1 N–H and O–H groups in total. The van der Waals surface area contributed by atoms with Crippen LogP contribution in [0.3, 0.4) is 0 Å². The molecular formula is C17H18F2N2O2. The van der Waals surface area contributed by atoms with E-state index in [-0.39, 0.29) is 17.4 Å². The van der Waals surface area contributed by atoms with Crippen molar-refractivity contribution in [3.63, 3.8) is 0 Å². The first-order valence-corrected chi connectivity index (χ1v) is 7.46. The predicted molar refractivity (Wildman–Crippen MR) is 81.4 cm³/mol. The van der Waals surface area contributed by atoms with Gasteiger partial charge in [0.25, 0.3) is 11.8 Å². The molecule has 4 nitrogen and oxygen atoms in total. The van der Waals surface area contributed by atoms with E-state index in [1.165, 1.54) is 0 Å². The molecule has 2 rings (SSSR count). The Morgan fingerprint density at radius 1 is 1.30 bits per heavy atom. The van der Waals surface area contributed by atoms with Crippen molar-refractivity contribution in [3.8, 4) is 11.8 Å². The minimum atomic E-state index is -0.874. The summed E-state index contributed by atoms with van der Waals surface area (Å²) in [6, 6.07) is 2.87. The molecule has 0 aromatic heterocycles. The Balaban J connectivity index is 1.82. The molecule has 0 unspecified atom stereocenters. The van der Waals surface area contributed by atoms with E-state index < -0.39 is 17.5 Å². The van der Waals surface area contributed by atoms with Crippen LogP contribution in [0.4, 0.5) is 8.78 Å². The second-order valence-electron chi connectivity index (χ2n) is 5.44. The van der Waals surface area contributed by atoms with Gasteiger partial charge in [0.2, 0.25) is 0 Å². The average molecular weight is 320 g/mol. The summed E-state index contributed by atoms with van der Waals surface area (Å²) in [6.45, 7) is 3.21. The lowest BCUT2D eigenvalue weighted by Crippen LogP contribution is -2.41. The Hall–Kier alpha value is -2.42. The Bertz CT molecular complexity index is 656. The van der Waals surface area contributed by atoms with Gasteiger partial charge in [-0.1, -0.05) is 5.92 Å². The van der Waals surface area contributed by atoms with Crippen LogP contribution in [0, 0.1) is 29.4 Å². The largest absolute Gasteiger partial charge is 0.352 e. The number of carbonyl (C=O) groups is 2. The van der Waals surface area contributed by atoms with Gasteiger partial charge in [-0.25, -0.2) is 8.78 Å². The molecular weight excluding hydrogens is 302 g/mol. The van der Waals surface area contributed by atoms with Gasteiger partial charge in [-0.3, -0.25) is 9.59 Å². The van der Waals surface area contributed by atoms with Crippen molar-refractivity contribution in [2.24, 2.45) is 5.92 Å². The van der Waals surface area contributed by atoms with Crippen molar-refractivity contribution >= 4 is 11.8 Å². The molecule has 6 heteroatoms. The summed E-state index contributed by atoms with van der Waals surface area (Å²) < 4.78 is 26.4. The van der Waals surface area contributed by atoms with Crippen LogP contribution < -0.4 is 5.32 Å². The zero-order valence-corrected chi connectivity index (χ0v) is 12.9. The first-order chi connectivity index (χ1) is 11.0. The molecule has 1 heterocycles. The summed E-state index contributed by atoms with van der Waals surface area (Å²) in [5, 5.41) is 2.67. The van der Waals surface area contributed by atoms with E-state index in [0.29, 0.717) is 25.7 Å². The highest BCUT2D eigenvalue weighted by atomic mass is 19.1. The fourth-order valence-corrected chi connectivity index (χ4v) is 2.53. The van der Waals surface area contributed by atoms with Crippen molar-refractivity contribution in [1.82, 2.24) is 10.2 Å². The molecule has 0 spiro atoms. The summed E-state index contributed by atoms with van der Waals surface area (Å²) in [6.07, 6.45) is 1.51. The van der Waals surface area contributed by atoms with E-state index >= 15 is 0 Å². The maximum Gasteiger partial charge on any atom is 0.298 e. The second-order valence-corrected chi connectivity index (χ2v) is 5.44. The molecule has 1 aromatic carbocycles. The third-order valence-corrected chi connectivity index (χ3v) is 3.86. The van der Waals surface area contributed by atoms with Gasteiger partial charge in [-0.05, 0) is 43.7 Å². The number of halogens is 2. The van der Waals surface area contributed by atoms with Gasteiger partial charge in [-0.15, -0.1) is 0 Å². The standard InChI is InChI=1S/C17H18F2N2O2/c1-2-3-16(22)21-8-6-12(7-9-21)11-20-17(23)14-5-4-13(18)10-15(14)19/h4-5,10,12H,6-9,11H2,1H3,(H,20,23). The molecule has 0 bridgehead atoms. The van der Waals surface area contributed by atoms with Gasteiger partial charge in [0, 0.05) is 25.7 Å². The molecule has 0 atom stereocenters. The molecule has 122 valence electrons. The van der Waals surface area contributed by atoms with E-state index in [4.69, 9.17) is 0 Å². The van der Waals surface area contributed by atoms with E-state index in [1.807, 2.05) is 0 Å². The van der Waals surface area contributed by atoms with Crippen LogP contribution in [0.5, 0.6) is 0 Å². The van der Waals surface area contributed by atoms with Crippen molar-refractivity contribution in [1.29, 1.82) is 0 Å². The fraction of sp³-hybridized carbons (Fsp3) is 0.412. The van der Waals surface area contributed by atoms with Crippen molar-refractivity contribution < 1.29 is 18.4 Å². The Labute approximate surface area is 133 Å². The highest BCUT2D eigenvalue weighted by Crippen LogP contribution is 2.17. The van der Waals surface area contributed by atoms with Crippen LogP contribution in [0.2, 0.25) is 0 Å². The van der Waals surface area contributed by atoms with E-state index in [9.17, 15) is 18.4 Å².